The summed E-state index contributed by atoms with van der Waals surface area (Å²) in [5.41, 5.74) is 4.08. The van der Waals surface area contributed by atoms with Crippen LogP contribution in [0.4, 0.5) is 0 Å². The molecule has 0 unspecified atom stereocenters. The van der Waals surface area contributed by atoms with Gasteiger partial charge in [0.2, 0.25) is 0 Å². The van der Waals surface area contributed by atoms with Crippen molar-refractivity contribution in [3.63, 3.8) is 0 Å². The van der Waals surface area contributed by atoms with Crippen LogP contribution >= 0.6 is 0 Å². The van der Waals surface area contributed by atoms with Gasteiger partial charge in [-0.3, -0.25) is 0 Å². The molecule has 6 nitrogen and oxygen atoms in total. The maximum absolute atomic E-state index is 11.7. The van der Waals surface area contributed by atoms with E-state index in [-0.39, 0.29) is 26.4 Å². The number of ether oxygens (including phenoxy) is 4. The second-order valence-electron chi connectivity index (χ2n) is 8.12. The zero-order chi connectivity index (χ0) is 24.0. The standard InChI is InChI=1S/C27H30O6/c1-17(2)26(28)32-14-12-30-24-20-8-6-7-9-21(20)25(23-16-19(5)10-11-22(23)24)31-13-15-33-27(29)18(3)4/h6-10H,1,3,11-16H2,2,4-5H3. The van der Waals surface area contributed by atoms with E-state index in [1.165, 1.54) is 5.57 Å². The summed E-state index contributed by atoms with van der Waals surface area (Å²) >= 11 is 0. The normalized spacial score (nSPS) is 12.4. The van der Waals surface area contributed by atoms with Gasteiger partial charge in [-0.25, -0.2) is 9.59 Å². The molecule has 0 aliphatic heterocycles. The van der Waals surface area contributed by atoms with E-state index in [9.17, 15) is 9.59 Å². The van der Waals surface area contributed by atoms with Crippen LogP contribution < -0.4 is 9.47 Å². The maximum atomic E-state index is 11.7. The van der Waals surface area contributed by atoms with Gasteiger partial charge in [-0.15, -0.1) is 0 Å². The fraction of sp³-hybridized carbons (Fsp3) is 0.333. The molecule has 0 N–H and O–H groups in total. The van der Waals surface area contributed by atoms with Crippen LogP contribution in [0.25, 0.3) is 10.8 Å². The second kappa shape index (κ2) is 10.9. The zero-order valence-corrected chi connectivity index (χ0v) is 19.5. The van der Waals surface area contributed by atoms with Crippen molar-refractivity contribution in [2.24, 2.45) is 0 Å². The second-order valence-corrected chi connectivity index (χ2v) is 8.12. The summed E-state index contributed by atoms with van der Waals surface area (Å²) in [5, 5.41) is 1.84. The highest BCUT2D eigenvalue weighted by Gasteiger charge is 2.23. The number of esters is 2. The Labute approximate surface area is 194 Å². The summed E-state index contributed by atoms with van der Waals surface area (Å²) in [7, 11) is 0. The first-order valence-electron chi connectivity index (χ1n) is 10.9. The van der Waals surface area contributed by atoms with Gasteiger partial charge in [-0.05, 0) is 33.6 Å². The van der Waals surface area contributed by atoms with E-state index in [0.29, 0.717) is 17.6 Å². The molecule has 6 heteroatoms. The minimum absolute atomic E-state index is 0.135. The summed E-state index contributed by atoms with van der Waals surface area (Å²) in [6.07, 6.45) is 3.64. The third-order valence-corrected chi connectivity index (χ3v) is 5.26. The molecule has 0 radical (unpaired) electrons. The average Bonchev–Trinajstić information content (AvgIpc) is 2.79. The van der Waals surface area contributed by atoms with E-state index in [0.717, 1.165) is 39.8 Å². The van der Waals surface area contributed by atoms with Crippen molar-refractivity contribution in [3.8, 4) is 11.5 Å². The van der Waals surface area contributed by atoms with E-state index >= 15 is 0 Å². The minimum Gasteiger partial charge on any atom is -0.489 e. The lowest BCUT2D eigenvalue weighted by atomic mass is 9.87. The number of carbonyl (C=O) groups excluding carboxylic acids is 2. The van der Waals surface area contributed by atoms with Crippen molar-refractivity contribution < 1.29 is 28.5 Å². The molecule has 1 aliphatic carbocycles. The van der Waals surface area contributed by atoms with Crippen LogP contribution in [0.3, 0.4) is 0 Å². The molecule has 0 bridgehead atoms. The van der Waals surface area contributed by atoms with Crippen molar-refractivity contribution in [3.05, 3.63) is 71.3 Å². The van der Waals surface area contributed by atoms with Crippen molar-refractivity contribution in [1.82, 2.24) is 0 Å². The van der Waals surface area contributed by atoms with Gasteiger partial charge in [0.1, 0.15) is 37.9 Å². The molecule has 33 heavy (non-hydrogen) atoms. The van der Waals surface area contributed by atoms with Crippen LogP contribution in [0.2, 0.25) is 0 Å². The fourth-order valence-electron chi connectivity index (χ4n) is 3.64. The molecule has 0 spiro atoms. The Bertz CT molecular complexity index is 1130. The van der Waals surface area contributed by atoms with Gasteiger partial charge in [-0.1, -0.05) is 49.1 Å². The van der Waals surface area contributed by atoms with Crippen LogP contribution in [-0.2, 0) is 31.9 Å². The van der Waals surface area contributed by atoms with Gasteiger partial charge in [-0.2, -0.15) is 0 Å². The highest BCUT2D eigenvalue weighted by Crippen LogP contribution is 2.44. The quantitative estimate of drug-likeness (QED) is 0.222. The summed E-state index contributed by atoms with van der Waals surface area (Å²) in [6, 6.07) is 7.88. The third kappa shape index (κ3) is 5.83. The van der Waals surface area contributed by atoms with E-state index < -0.39 is 11.9 Å². The van der Waals surface area contributed by atoms with E-state index in [4.69, 9.17) is 18.9 Å². The van der Waals surface area contributed by atoms with Crippen molar-refractivity contribution in [2.45, 2.75) is 33.6 Å². The predicted molar refractivity (Wildman–Crippen MR) is 128 cm³/mol. The number of fused-ring (bicyclic) bond motifs is 2. The lowest BCUT2D eigenvalue weighted by Gasteiger charge is -2.25. The monoisotopic (exact) mass is 450 g/mol. The maximum Gasteiger partial charge on any atom is 0.333 e. The number of allylic oxidation sites excluding steroid dienone is 2. The predicted octanol–water partition coefficient (Wildman–Crippen LogP) is 4.88. The Morgan fingerprint density at radius 1 is 0.818 bits per heavy atom. The lowest BCUT2D eigenvalue weighted by Crippen LogP contribution is -2.16. The molecule has 0 heterocycles. The number of benzene rings is 2. The molecular formula is C27H30O6. The van der Waals surface area contributed by atoms with E-state index in [1.54, 1.807) is 13.8 Å². The number of carbonyl (C=O) groups is 2. The first kappa shape index (κ1) is 24.1. The van der Waals surface area contributed by atoms with Gasteiger partial charge >= 0.3 is 11.9 Å². The van der Waals surface area contributed by atoms with Crippen molar-refractivity contribution >= 4 is 22.7 Å². The highest BCUT2D eigenvalue weighted by atomic mass is 16.6. The summed E-state index contributed by atoms with van der Waals surface area (Å²) in [4.78, 5) is 23.3. The topological polar surface area (TPSA) is 71.1 Å². The average molecular weight is 451 g/mol. The first-order chi connectivity index (χ1) is 15.8. The summed E-state index contributed by atoms with van der Waals surface area (Å²) < 4.78 is 22.7. The van der Waals surface area contributed by atoms with Crippen LogP contribution in [0, 0.1) is 0 Å². The van der Waals surface area contributed by atoms with E-state index in [2.05, 4.69) is 26.2 Å². The minimum atomic E-state index is -0.430. The van der Waals surface area contributed by atoms with Gasteiger partial charge in [0, 0.05) is 33.0 Å². The number of hydrogen-bond acceptors (Lipinski definition) is 6. The summed E-state index contributed by atoms with van der Waals surface area (Å²) in [5.74, 6) is 0.692. The van der Waals surface area contributed by atoms with Gasteiger partial charge < -0.3 is 18.9 Å². The molecule has 174 valence electrons. The molecule has 0 saturated carbocycles. The van der Waals surface area contributed by atoms with Crippen LogP contribution in [0.15, 0.2) is 60.2 Å². The van der Waals surface area contributed by atoms with Crippen LogP contribution in [0.5, 0.6) is 11.5 Å². The molecule has 0 amide bonds. The Balaban J connectivity index is 1.87. The molecule has 0 atom stereocenters. The first-order valence-corrected chi connectivity index (χ1v) is 10.9. The smallest absolute Gasteiger partial charge is 0.333 e. The van der Waals surface area contributed by atoms with Crippen molar-refractivity contribution in [1.29, 1.82) is 0 Å². The van der Waals surface area contributed by atoms with Gasteiger partial charge in [0.15, 0.2) is 0 Å². The third-order valence-electron chi connectivity index (χ3n) is 5.26. The molecule has 0 aromatic heterocycles. The van der Waals surface area contributed by atoms with E-state index in [1.807, 2.05) is 24.3 Å². The highest BCUT2D eigenvalue weighted by molar-refractivity contribution is 5.96. The molecular weight excluding hydrogens is 420 g/mol. The molecule has 3 rings (SSSR count). The van der Waals surface area contributed by atoms with Crippen LogP contribution in [-0.4, -0.2) is 38.4 Å². The zero-order valence-electron chi connectivity index (χ0n) is 19.5. The Morgan fingerprint density at radius 2 is 1.30 bits per heavy atom. The van der Waals surface area contributed by atoms with Gasteiger partial charge in [0.05, 0.1) is 0 Å². The fourth-order valence-corrected chi connectivity index (χ4v) is 3.64. The summed E-state index contributed by atoms with van der Waals surface area (Å²) in [6.45, 7) is 13.2. The Hall–Kier alpha value is -3.54. The Kier molecular flexibility index (Phi) is 7.93. The Morgan fingerprint density at radius 3 is 1.79 bits per heavy atom. The molecule has 2 aromatic rings. The molecule has 0 saturated heterocycles. The van der Waals surface area contributed by atoms with Crippen molar-refractivity contribution in [2.75, 3.05) is 26.4 Å². The van der Waals surface area contributed by atoms with Crippen LogP contribution in [0.1, 0.15) is 31.9 Å². The van der Waals surface area contributed by atoms with Gasteiger partial charge in [0.25, 0.3) is 0 Å². The number of rotatable bonds is 10. The lowest BCUT2D eigenvalue weighted by molar-refractivity contribution is -0.140. The number of hydrogen-bond donors (Lipinski definition) is 0. The molecule has 0 fully saturated rings. The largest absolute Gasteiger partial charge is 0.489 e. The molecule has 2 aromatic carbocycles. The SMILES string of the molecule is C=C(C)C(=O)OCCOc1c2c(c(OCCOC(=O)C(=C)C)c3ccccc13)CC(C)=CC2. The molecule has 1 aliphatic rings.